The van der Waals surface area contributed by atoms with Crippen molar-refractivity contribution >= 4 is 17.6 Å². The number of benzene rings is 1. The van der Waals surface area contributed by atoms with Crippen LogP contribution < -0.4 is 5.32 Å². The number of carbonyl (C=O) groups is 2. The average Bonchev–Trinajstić information content (AvgIpc) is 2.57. The standard InChI is InChI=1S/C18H26N2O3/c1-3-20(4-2)17(21)13-5-9-15(10-6-13)19-16-11-7-14(8-12-16)18(22)23/h5-6,9-10,14,16,19H,3-4,7-8,11-12H2,1-2H3,(H,22,23). The molecule has 1 aromatic rings. The molecule has 0 bridgehead atoms. The fourth-order valence-corrected chi connectivity index (χ4v) is 3.12. The number of aliphatic carboxylic acids is 1. The van der Waals surface area contributed by atoms with Gasteiger partial charge >= 0.3 is 5.97 Å². The Morgan fingerprint density at radius 2 is 1.65 bits per heavy atom. The molecule has 0 spiro atoms. The van der Waals surface area contributed by atoms with Gasteiger partial charge in [-0.2, -0.15) is 0 Å². The molecule has 126 valence electrons. The average molecular weight is 318 g/mol. The Bertz CT molecular complexity index is 530. The molecule has 2 rings (SSSR count). The number of carboxylic acid groups (broad SMARTS) is 1. The molecular formula is C18H26N2O3. The van der Waals surface area contributed by atoms with Crippen molar-refractivity contribution in [3.8, 4) is 0 Å². The summed E-state index contributed by atoms with van der Waals surface area (Å²) in [5, 5.41) is 12.5. The molecule has 2 N–H and O–H groups in total. The van der Waals surface area contributed by atoms with Crippen molar-refractivity contribution in [2.75, 3.05) is 18.4 Å². The smallest absolute Gasteiger partial charge is 0.306 e. The lowest BCUT2D eigenvalue weighted by atomic mass is 9.86. The van der Waals surface area contributed by atoms with E-state index in [2.05, 4.69) is 5.32 Å². The molecule has 0 aliphatic heterocycles. The highest BCUT2D eigenvalue weighted by Gasteiger charge is 2.25. The molecular weight excluding hydrogens is 292 g/mol. The normalized spacial score (nSPS) is 20.8. The summed E-state index contributed by atoms with van der Waals surface area (Å²) in [6, 6.07) is 7.88. The van der Waals surface area contributed by atoms with Crippen LogP contribution in [0.15, 0.2) is 24.3 Å². The molecule has 1 amide bonds. The first-order valence-electron chi connectivity index (χ1n) is 8.43. The summed E-state index contributed by atoms with van der Waals surface area (Å²) in [7, 11) is 0. The molecule has 1 aliphatic rings. The highest BCUT2D eigenvalue weighted by molar-refractivity contribution is 5.94. The molecule has 1 aliphatic carbocycles. The van der Waals surface area contributed by atoms with E-state index < -0.39 is 5.97 Å². The van der Waals surface area contributed by atoms with Crippen LogP contribution in [0.3, 0.4) is 0 Å². The Hall–Kier alpha value is -2.04. The molecule has 0 unspecified atom stereocenters. The van der Waals surface area contributed by atoms with Gasteiger partial charge in [0.15, 0.2) is 0 Å². The topological polar surface area (TPSA) is 69.6 Å². The number of carboxylic acids is 1. The van der Waals surface area contributed by atoms with Gasteiger partial charge in [0.05, 0.1) is 5.92 Å². The van der Waals surface area contributed by atoms with E-state index in [1.54, 1.807) is 4.90 Å². The largest absolute Gasteiger partial charge is 0.481 e. The van der Waals surface area contributed by atoms with Crippen LogP contribution >= 0.6 is 0 Å². The van der Waals surface area contributed by atoms with Crippen LogP contribution in [0.5, 0.6) is 0 Å². The van der Waals surface area contributed by atoms with Gasteiger partial charge in [0.1, 0.15) is 0 Å². The number of rotatable bonds is 6. The molecule has 0 aromatic heterocycles. The minimum absolute atomic E-state index is 0.0588. The Kier molecular flexibility index (Phi) is 6.02. The summed E-state index contributed by atoms with van der Waals surface area (Å²) in [5.41, 5.74) is 1.69. The van der Waals surface area contributed by atoms with Crippen molar-refractivity contribution < 1.29 is 14.7 Å². The van der Waals surface area contributed by atoms with Crippen LogP contribution in [-0.4, -0.2) is 41.0 Å². The first-order chi connectivity index (χ1) is 11.0. The summed E-state index contributed by atoms with van der Waals surface area (Å²) < 4.78 is 0. The number of amides is 1. The maximum atomic E-state index is 12.3. The lowest BCUT2D eigenvalue weighted by Crippen LogP contribution is -2.30. The minimum Gasteiger partial charge on any atom is -0.481 e. The minimum atomic E-state index is -0.678. The van der Waals surface area contributed by atoms with E-state index in [4.69, 9.17) is 5.11 Å². The van der Waals surface area contributed by atoms with Crippen molar-refractivity contribution in [2.24, 2.45) is 5.92 Å². The van der Waals surface area contributed by atoms with Crippen molar-refractivity contribution in [1.29, 1.82) is 0 Å². The first-order valence-corrected chi connectivity index (χ1v) is 8.43. The predicted octanol–water partition coefficient (Wildman–Crippen LogP) is 3.22. The van der Waals surface area contributed by atoms with Crippen LogP contribution in [0, 0.1) is 5.92 Å². The summed E-state index contributed by atoms with van der Waals surface area (Å²) in [5.74, 6) is -0.812. The molecule has 0 saturated heterocycles. The van der Waals surface area contributed by atoms with E-state index in [0.29, 0.717) is 24.7 Å². The SMILES string of the molecule is CCN(CC)C(=O)c1ccc(NC2CCC(C(=O)O)CC2)cc1. The van der Waals surface area contributed by atoms with Crippen molar-refractivity contribution in [3.05, 3.63) is 29.8 Å². The Balaban J connectivity index is 1.91. The van der Waals surface area contributed by atoms with Crippen LogP contribution in [0.25, 0.3) is 0 Å². The Morgan fingerprint density at radius 3 is 2.13 bits per heavy atom. The second-order valence-electron chi connectivity index (χ2n) is 6.09. The number of anilines is 1. The molecule has 0 radical (unpaired) electrons. The van der Waals surface area contributed by atoms with Gasteiger partial charge in [0.2, 0.25) is 0 Å². The monoisotopic (exact) mass is 318 g/mol. The maximum absolute atomic E-state index is 12.3. The van der Waals surface area contributed by atoms with Crippen LogP contribution in [-0.2, 0) is 4.79 Å². The van der Waals surface area contributed by atoms with E-state index in [1.807, 2.05) is 38.1 Å². The van der Waals surface area contributed by atoms with Crippen LogP contribution in [0.1, 0.15) is 49.9 Å². The van der Waals surface area contributed by atoms with Gasteiger partial charge in [0, 0.05) is 30.4 Å². The number of carbonyl (C=O) groups excluding carboxylic acids is 1. The van der Waals surface area contributed by atoms with Gasteiger partial charge in [-0.05, 0) is 63.8 Å². The number of nitrogens with one attached hydrogen (secondary N) is 1. The summed E-state index contributed by atoms with van der Waals surface area (Å²) in [4.78, 5) is 25.0. The molecule has 5 nitrogen and oxygen atoms in total. The molecule has 1 fully saturated rings. The molecule has 0 atom stereocenters. The van der Waals surface area contributed by atoms with Gasteiger partial charge < -0.3 is 15.3 Å². The zero-order chi connectivity index (χ0) is 16.8. The summed E-state index contributed by atoms with van der Waals surface area (Å²) in [6.07, 6.45) is 3.20. The first kappa shape index (κ1) is 17.3. The third kappa shape index (κ3) is 4.47. The van der Waals surface area contributed by atoms with Crippen molar-refractivity contribution in [2.45, 2.75) is 45.6 Å². The fraction of sp³-hybridized carbons (Fsp3) is 0.556. The van der Waals surface area contributed by atoms with Crippen LogP contribution in [0.2, 0.25) is 0 Å². The molecule has 23 heavy (non-hydrogen) atoms. The number of nitrogens with zero attached hydrogens (tertiary/aromatic N) is 1. The van der Waals surface area contributed by atoms with Gasteiger partial charge in [-0.1, -0.05) is 0 Å². The van der Waals surface area contributed by atoms with Gasteiger partial charge in [-0.15, -0.1) is 0 Å². The molecule has 5 heteroatoms. The van der Waals surface area contributed by atoms with E-state index in [0.717, 1.165) is 31.4 Å². The number of hydrogen-bond acceptors (Lipinski definition) is 3. The summed E-state index contributed by atoms with van der Waals surface area (Å²) >= 11 is 0. The maximum Gasteiger partial charge on any atom is 0.306 e. The molecule has 0 heterocycles. The van der Waals surface area contributed by atoms with E-state index in [1.165, 1.54) is 0 Å². The lowest BCUT2D eigenvalue weighted by Gasteiger charge is -2.27. The fourth-order valence-electron chi connectivity index (χ4n) is 3.12. The molecule has 1 aromatic carbocycles. The van der Waals surface area contributed by atoms with Crippen molar-refractivity contribution in [3.63, 3.8) is 0 Å². The zero-order valence-electron chi connectivity index (χ0n) is 13.9. The highest BCUT2D eigenvalue weighted by atomic mass is 16.4. The predicted molar refractivity (Wildman–Crippen MR) is 90.7 cm³/mol. The highest BCUT2D eigenvalue weighted by Crippen LogP contribution is 2.27. The second kappa shape index (κ2) is 7.99. The van der Waals surface area contributed by atoms with E-state index in [-0.39, 0.29) is 11.8 Å². The van der Waals surface area contributed by atoms with Gasteiger partial charge in [-0.3, -0.25) is 9.59 Å². The summed E-state index contributed by atoms with van der Waals surface area (Å²) in [6.45, 7) is 5.37. The third-order valence-electron chi connectivity index (χ3n) is 4.63. The third-order valence-corrected chi connectivity index (χ3v) is 4.63. The van der Waals surface area contributed by atoms with E-state index >= 15 is 0 Å². The molecule has 1 saturated carbocycles. The number of hydrogen-bond donors (Lipinski definition) is 2. The lowest BCUT2D eigenvalue weighted by molar-refractivity contribution is -0.142. The van der Waals surface area contributed by atoms with Crippen molar-refractivity contribution in [1.82, 2.24) is 4.90 Å². The zero-order valence-corrected chi connectivity index (χ0v) is 13.9. The van der Waals surface area contributed by atoms with Gasteiger partial charge in [0.25, 0.3) is 5.91 Å². The van der Waals surface area contributed by atoms with Crippen LogP contribution in [0.4, 0.5) is 5.69 Å². The Labute approximate surface area is 137 Å². The van der Waals surface area contributed by atoms with Gasteiger partial charge in [-0.25, -0.2) is 0 Å². The Morgan fingerprint density at radius 1 is 1.09 bits per heavy atom. The second-order valence-corrected chi connectivity index (χ2v) is 6.09. The quantitative estimate of drug-likeness (QED) is 0.845. The van der Waals surface area contributed by atoms with E-state index in [9.17, 15) is 9.59 Å².